The number of methoxy groups -OCH3 is 1. The van der Waals surface area contributed by atoms with E-state index in [1.165, 1.54) is 37.9 Å². The van der Waals surface area contributed by atoms with Crippen LogP contribution in [-0.4, -0.2) is 31.1 Å². The number of hydrogen-bond donors (Lipinski definition) is 1. The molecular weight excluding hydrogens is 260 g/mol. The standard InChI is InChI=1S/C18H28N2O/c1-3-17(19)18(13-7-9-16(21-2)10-8-13)20-11-14-5-4-6-15(14)12-20/h7-10,14-15,17-18H,3-6,11-12,19H2,1-2H3. The molecule has 4 atom stereocenters. The number of hydrogen-bond acceptors (Lipinski definition) is 3. The molecule has 0 spiro atoms. The van der Waals surface area contributed by atoms with Gasteiger partial charge in [0.1, 0.15) is 5.75 Å². The van der Waals surface area contributed by atoms with E-state index in [1.54, 1.807) is 7.11 Å². The van der Waals surface area contributed by atoms with Gasteiger partial charge in [0, 0.05) is 25.2 Å². The minimum Gasteiger partial charge on any atom is -0.497 e. The molecule has 1 saturated heterocycles. The van der Waals surface area contributed by atoms with Gasteiger partial charge in [-0.2, -0.15) is 0 Å². The Morgan fingerprint density at radius 1 is 1.19 bits per heavy atom. The molecule has 2 aliphatic rings. The second-order valence-corrected chi connectivity index (χ2v) is 6.70. The predicted octanol–water partition coefficient (Wildman–Crippen LogP) is 3.21. The highest BCUT2D eigenvalue weighted by Gasteiger charge is 2.40. The van der Waals surface area contributed by atoms with Gasteiger partial charge >= 0.3 is 0 Å². The lowest BCUT2D eigenvalue weighted by molar-refractivity contribution is 0.194. The largest absolute Gasteiger partial charge is 0.497 e. The molecule has 1 aliphatic carbocycles. The van der Waals surface area contributed by atoms with Crippen molar-refractivity contribution in [1.29, 1.82) is 0 Å². The van der Waals surface area contributed by atoms with Crippen LogP contribution in [0.2, 0.25) is 0 Å². The van der Waals surface area contributed by atoms with Crippen molar-refractivity contribution in [2.45, 2.75) is 44.7 Å². The Bertz CT molecular complexity index is 447. The average Bonchev–Trinajstić information content (AvgIpc) is 3.09. The molecule has 3 nitrogen and oxygen atoms in total. The summed E-state index contributed by atoms with van der Waals surface area (Å²) in [6.07, 6.45) is 5.27. The normalized spacial score (nSPS) is 28.3. The van der Waals surface area contributed by atoms with E-state index in [2.05, 4.69) is 36.1 Å². The van der Waals surface area contributed by atoms with Gasteiger partial charge < -0.3 is 10.5 Å². The Morgan fingerprint density at radius 3 is 2.33 bits per heavy atom. The van der Waals surface area contributed by atoms with Crippen molar-refractivity contribution in [3.63, 3.8) is 0 Å². The molecule has 0 amide bonds. The van der Waals surface area contributed by atoms with Crippen molar-refractivity contribution in [3.8, 4) is 5.75 Å². The highest BCUT2D eigenvalue weighted by Crippen LogP contribution is 2.41. The fourth-order valence-electron chi connectivity index (χ4n) is 4.25. The lowest BCUT2D eigenvalue weighted by Crippen LogP contribution is -2.40. The molecule has 1 heterocycles. The van der Waals surface area contributed by atoms with E-state index in [-0.39, 0.29) is 6.04 Å². The van der Waals surface area contributed by atoms with Gasteiger partial charge in [0.25, 0.3) is 0 Å². The van der Waals surface area contributed by atoms with Crippen LogP contribution in [0, 0.1) is 11.8 Å². The van der Waals surface area contributed by atoms with E-state index in [1.807, 2.05) is 0 Å². The van der Waals surface area contributed by atoms with Crippen LogP contribution in [0.1, 0.15) is 44.2 Å². The van der Waals surface area contributed by atoms with Crippen LogP contribution in [0.15, 0.2) is 24.3 Å². The van der Waals surface area contributed by atoms with Crippen molar-refractivity contribution in [2.75, 3.05) is 20.2 Å². The summed E-state index contributed by atoms with van der Waals surface area (Å²) < 4.78 is 5.28. The third-order valence-corrected chi connectivity index (χ3v) is 5.48. The molecule has 2 fully saturated rings. The molecule has 1 aromatic rings. The van der Waals surface area contributed by atoms with Gasteiger partial charge in [0.05, 0.1) is 7.11 Å². The van der Waals surface area contributed by atoms with Crippen LogP contribution < -0.4 is 10.5 Å². The topological polar surface area (TPSA) is 38.5 Å². The molecule has 3 rings (SSSR count). The van der Waals surface area contributed by atoms with E-state index < -0.39 is 0 Å². The number of fused-ring (bicyclic) bond motifs is 1. The Labute approximate surface area is 128 Å². The van der Waals surface area contributed by atoms with E-state index in [4.69, 9.17) is 10.5 Å². The number of likely N-dealkylation sites (tertiary alicyclic amines) is 1. The van der Waals surface area contributed by atoms with Crippen molar-refractivity contribution < 1.29 is 4.74 Å². The molecule has 116 valence electrons. The van der Waals surface area contributed by atoms with Crippen molar-refractivity contribution in [2.24, 2.45) is 17.6 Å². The van der Waals surface area contributed by atoms with Crippen LogP contribution in [0.5, 0.6) is 5.75 Å². The number of ether oxygens (including phenoxy) is 1. The van der Waals surface area contributed by atoms with Crippen LogP contribution in [-0.2, 0) is 0 Å². The molecule has 0 radical (unpaired) electrons. The predicted molar refractivity (Wildman–Crippen MR) is 86.4 cm³/mol. The van der Waals surface area contributed by atoms with Crippen molar-refractivity contribution in [3.05, 3.63) is 29.8 Å². The van der Waals surface area contributed by atoms with Crippen LogP contribution in [0.4, 0.5) is 0 Å². The number of rotatable bonds is 5. The first-order chi connectivity index (χ1) is 10.2. The van der Waals surface area contributed by atoms with Gasteiger partial charge in [-0.1, -0.05) is 25.5 Å². The maximum absolute atomic E-state index is 6.48. The first kappa shape index (κ1) is 14.9. The monoisotopic (exact) mass is 288 g/mol. The summed E-state index contributed by atoms with van der Waals surface area (Å²) in [6.45, 7) is 4.65. The highest BCUT2D eigenvalue weighted by atomic mass is 16.5. The summed E-state index contributed by atoms with van der Waals surface area (Å²) >= 11 is 0. The third-order valence-electron chi connectivity index (χ3n) is 5.48. The highest BCUT2D eigenvalue weighted by molar-refractivity contribution is 5.30. The molecule has 1 saturated carbocycles. The minimum absolute atomic E-state index is 0.206. The zero-order valence-electron chi connectivity index (χ0n) is 13.3. The Hall–Kier alpha value is -1.06. The molecule has 21 heavy (non-hydrogen) atoms. The summed E-state index contributed by atoms with van der Waals surface area (Å²) in [6, 6.07) is 9.05. The van der Waals surface area contributed by atoms with E-state index in [0.717, 1.165) is 24.0 Å². The minimum atomic E-state index is 0.206. The first-order valence-electron chi connectivity index (χ1n) is 8.36. The maximum Gasteiger partial charge on any atom is 0.118 e. The fourth-order valence-corrected chi connectivity index (χ4v) is 4.25. The van der Waals surface area contributed by atoms with Gasteiger partial charge in [-0.25, -0.2) is 0 Å². The maximum atomic E-state index is 6.48. The molecule has 2 N–H and O–H groups in total. The zero-order chi connectivity index (χ0) is 14.8. The SMILES string of the molecule is CCC(N)C(c1ccc(OC)cc1)N1CC2CCCC2C1. The molecule has 1 aliphatic heterocycles. The molecule has 1 aromatic carbocycles. The summed E-state index contributed by atoms with van der Waals surface area (Å²) in [5, 5.41) is 0. The van der Waals surface area contributed by atoms with Gasteiger partial charge in [-0.3, -0.25) is 4.90 Å². The quantitative estimate of drug-likeness (QED) is 0.904. The summed E-state index contributed by atoms with van der Waals surface area (Å²) in [4.78, 5) is 2.64. The first-order valence-corrected chi connectivity index (χ1v) is 8.36. The van der Waals surface area contributed by atoms with E-state index >= 15 is 0 Å². The Balaban J connectivity index is 1.80. The molecule has 4 unspecified atom stereocenters. The summed E-state index contributed by atoms with van der Waals surface area (Å²) in [7, 11) is 1.71. The summed E-state index contributed by atoms with van der Waals surface area (Å²) in [5.41, 5.74) is 7.82. The zero-order valence-corrected chi connectivity index (χ0v) is 13.3. The smallest absolute Gasteiger partial charge is 0.118 e. The van der Waals surface area contributed by atoms with Crippen LogP contribution in [0.3, 0.4) is 0 Å². The molecular formula is C18H28N2O. The summed E-state index contributed by atoms with van der Waals surface area (Å²) in [5.74, 6) is 2.74. The second-order valence-electron chi connectivity index (χ2n) is 6.70. The third kappa shape index (κ3) is 2.95. The average molecular weight is 288 g/mol. The molecule has 0 aromatic heterocycles. The number of benzene rings is 1. The number of nitrogens with zero attached hydrogens (tertiary/aromatic N) is 1. The molecule has 3 heteroatoms. The van der Waals surface area contributed by atoms with Gasteiger partial charge in [0.15, 0.2) is 0 Å². The van der Waals surface area contributed by atoms with E-state index in [0.29, 0.717) is 6.04 Å². The van der Waals surface area contributed by atoms with E-state index in [9.17, 15) is 0 Å². The Kier molecular flexibility index (Phi) is 4.51. The lowest BCUT2D eigenvalue weighted by atomic mass is 9.96. The van der Waals surface area contributed by atoms with Crippen molar-refractivity contribution >= 4 is 0 Å². The lowest BCUT2D eigenvalue weighted by Gasteiger charge is -2.33. The Morgan fingerprint density at radius 2 is 1.81 bits per heavy atom. The van der Waals surface area contributed by atoms with Gasteiger partial charge in [0.2, 0.25) is 0 Å². The van der Waals surface area contributed by atoms with Crippen molar-refractivity contribution in [1.82, 2.24) is 4.90 Å². The fraction of sp³-hybridized carbons (Fsp3) is 0.667. The number of nitrogens with two attached hydrogens (primary N) is 1. The van der Waals surface area contributed by atoms with Crippen LogP contribution >= 0.6 is 0 Å². The second kappa shape index (κ2) is 6.37. The van der Waals surface area contributed by atoms with Gasteiger partial charge in [-0.15, -0.1) is 0 Å². The molecule has 0 bridgehead atoms. The van der Waals surface area contributed by atoms with Gasteiger partial charge in [-0.05, 0) is 48.8 Å². The van der Waals surface area contributed by atoms with Crippen LogP contribution in [0.25, 0.3) is 0 Å².